The van der Waals surface area contributed by atoms with E-state index in [1.807, 2.05) is 32.0 Å². The standard InChI is InChI=1S/C22H24FN3O2/c1-15(2)24-22(27)20-10-9-18(28-20)14-26-13-12-25-11-3-4-19(25)21(26)16-5-7-17(23)8-6-16/h3-11,15,21H,12-14H2,1-2H3,(H,24,27)/p+1/t21-/m1/s1. The third-order valence-corrected chi connectivity index (χ3v) is 5.15. The summed E-state index contributed by atoms with van der Waals surface area (Å²) in [6.07, 6.45) is 2.09. The second-order valence-electron chi connectivity index (χ2n) is 7.59. The third kappa shape index (κ3) is 3.73. The Hall–Kier alpha value is -2.86. The van der Waals surface area contributed by atoms with Crippen LogP contribution in [0.1, 0.15) is 47.5 Å². The lowest BCUT2D eigenvalue weighted by Crippen LogP contribution is -3.12. The van der Waals surface area contributed by atoms with Crippen molar-refractivity contribution in [3.05, 3.63) is 83.3 Å². The summed E-state index contributed by atoms with van der Waals surface area (Å²) < 4.78 is 21.5. The van der Waals surface area contributed by atoms with E-state index in [1.54, 1.807) is 6.07 Å². The van der Waals surface area contributed by atoms with Gasteiger partial charge in [-0.3, -0.25) is 4.79 Å². The molecule has 0 radical (unpaired) electrons. The molecular formula is C22H25FN3O2+. The van der Waals surface area contributed by atoms with E-state index in [0.29, 0.717) is 12.3 Å². The van der Waals surface area contributed by atoms with Gasteiger partial charge in [-0.25, -0.2) is 4.39 Å². The van der Waals surface area contributed by atoms with Crippen LogP contribution in [0.3, 0.4) is 0 Å². The number of furan rings is 1. The molecule has 28 heavy (non-hydrogen) atoms. The molecule has 4 rings (SSSR count). The molecule has 2 N–H and O–H groups in total. The zero-order valence-electron chi connectivity index (χ0n) is 16.1. The molecule has 0 bridgehead atoms. The Morgan fingerprint density at radius 2 is 2.04 bits per heavy atom. The van der Waals surface area contributed by atoms with Crippen molar-refractivity contribution in [2.45, 2.75) is 39.0 Å². The van der Waals surface area contributed by atoms with Crippen molar-refractivity contribution in [2.24, 2.45) is 0 Å². The van der Waals surface area contributed by atoms with Crippen LogP contribution in [0.15, 0.2) is 59.1 Å². The third-order valence-electron chi connectivity index (χ3n) is 5.15. The molecule has 0 spiro atoms. The predicted octanol–water partition coefficient (Wildman–Crippen LogP) is 2.55. The monoisotopic (exact) mass is 382 g/mol. The summed E-state index contributed by atoms with van der Waals surface area (Å²) in [7, 11) is 0. The van der Waals surface area contributed by atoms with E-state index in [4.69, 9.17) is 4.42 Å². The van der Waals surface area contributed by atoms with Crippen molar-refractivity contribution >= 4 is 5.91 Å². The van der Waals surface area contributed by atoms with E-state index in [2.05, 4.69) is 28.2 Å². The number of nitrogens with one attached hydrogen (secondary N) is 2. The lowest BCUT2D eigenvalue weighted by atomic mass is 9.99. The van der Waals surface area contributed by atoms with Crippen molar-refractivity contribution in [3.8, 4) is 0 Å². The quantitative estimate of drug-likeness (QED) is 0.713. The highest BCUT2D eigenvalue weighted by molar-refractivity contribution is 5.91. The maximum absolute atomic E-state index is 13.4. The number of halogens is 1. The first-order valence-corrected chi connectivity index (χ1v) is 9.66. The largest absolute Gasteiger partial charge is 0.450 e. The Kier molecular flexibility index (Phi) is 5.05. The van der Waals surface area contributed by atoms with Gasteiger partial charge in [-0.2, -0.15) is 0 Å². The van der Waals surface area contributed by atoms with Crippen LogP contribution in [0.25, 0.3) is 0 Å². The highest BCUT2D eigenvalue weighted by atomic mass is 19.1. The molecule has 1 amide bonds. The van der Waals surface area contributed by atoms with Crippen LogP contribution in [0.2, 0.25) is 0 Å². The fourth-order valence-electron chi connectivity index (χ4n) is 3.91. The fourth-order valence-corrected chi connectivity index (χ4v) is 3.91. The highest BCUT2D eigenvalue weighted by Gasteiger charge is 2.33. The maximum Gasteiger partial charge on any atom is 0.287 e. The summed E-state index contributed by atoms with van der Waals surface area (Å²) in [6, 6.07) is 14.6. The average Bonchev–Trinajstić information content (AvgIpc) is 3.31. The van der Waals surface area contributed by atoms with Gasteiger partial charge in [0, 0.05) is 17.8 Å². The first-order valence-electron chi connectivity index (χ1n) is 9.66. The number of amides is 1. The molecule has 0 fully saturated rings. The van der Waals surface area contributed by atoms with Crippen LogP contribution in [-0.2, 0) is 13.1 Å². The summed E-state index contributed by atoms with van der Waals surface area (Å²) >= 11 is 0. The SMILES string of the molecule is CC(C)NC(=O)c1ccc(C[NH+]2CCn3cccc3[C@H]2c2ccc(F)cc2)o1. The normalized spacial score (nSPS) is 18.9. The van der Waals surface area contributed by atoms with Crippen LogP contribution < -0.4 is 10.2 Å². The average molecular weight is 382 g/mol. The topological polar surface area (TPSA) is 51.6 Å². The molecule has 0 saturated heterocycles. The summed E-state index contributed by atoms with van der Waals surface area (Å²) in [6.45, 7) is 6.32. The predicted molar refractivity (Wildman–Crippen MR) is 104 cm³/mol. The molecule has 3 heterocycles. The number of rotatable bonds is 5. The number of quaternary nitrogens is 1. The number of aromatic nitrogens is 1. The minimum Gasteiger partial charge on any atom is -0.450 e. The molecule has 1 unspecified atom stereocenters. The molecule has 2 aromatic heterocycles. The molecule has 146 valence electrons. The van der Waals surface area contributed by atoms with Gasteiger partial charge in [0.05, 0.1) is 18.8 Å². The number of fused-ring (bicyclic) bond motifs is 1. The number of carbonyl (C=O) groups excluding carboxylic acids is 1. The number of benzene rings is 1. The smallest absolute Gasteiger partial charge is 0.287 e. The molecule has 0 aliphatic carbocycles. The molecule has 1 aliphatic rings. The van der Waals surface area contributed by atoms with Crippen molar-refractivity contribution in [3.63, 3.8) is 0 Å². The minimum atomic E-state index is -0.233. The van der Waals surface area contributed by atoms with Crippen LogP contribution >= 0.6 is 0 Å². The summed E-state index contributed by atoms with van der Waals surface area (Å²) in [5.74, 6) is 0.681. The van der Waals surface area contributed by atoms with Gasteiger partial charge in [-0.05, 0) is 62.4 Å². The van der Waals surface area contributed by atoms with Gasteiger partial charge in [0.2, 0.25) is 0 Å². The second-order valence-corrected chi connectivity index (χ2v) is 7.59. The zero-order chi connectivity index (χ0) is 19.7. The van der Waals surface area contributed by atoms with E-state index in [1.165, 1.54) is 22.7 Å². The van der Waals surface area contributed by atoms with Crippen LogP contribution in [0.4, 0.5) is 4.39 Å². The Bertz CT molecular complexity index is 958. The molecule has 1 aliphatic heterocycles. The van der Waals surface area contributed by atoms with Gasteiger partial charge in [0.15, 0.2) is 17.6 Å². The molecule has 2 atom stereocenters. The van der Waals surface area contributed by atoms with Crippen molar-refractivity contribution in [1.82, 2.24) is 9.88 Å². The van der Waals surface area contributed by atoms with Crippen LogP contribution in [0, 0.1) is 5.82 Å². The lowest BCUT2D eigenvalue weighted by molar-refractivity contribution is -0.944. The molecule has 3 aromatic rings. The van der Waals surface area contributed by atoms with E-state index in [0.717, 1.165) is 24.4 Å². The summed E-state index contributed by atoms with van der Waals surface area (Å²) in [5.41, 5.74) is 2.28. The molecule has 1 aromatic carbocycles. The minimum absolute atomic E-state index is 0.0596. The van der Waals surface area contributed by atoms with E-state index in [9.17, 15) is 9.18 Å². The number of hydrogen-bond acceptors (Lipinski definition) is 2. The first kappa shape index (κ1) is 18.5. The van der Waals surface area contributed by atoms with E-state index in [-0.39, 0.29) is 23.8 Å². The molecule has 0 saturated carbocycles. The van der Waals surface area contributed by atoms with Crippen molar-refractivity contribution in [2.75, 3.05) is 6.54 Å². The number of hydrogen-bond donors (Lipinski definition) is 2. The Morgan fingerprint density at radius 1 is 1.25 bits per heavy atom. The molecular weight excluding hydrogens is 357 g/mol. The van der Waals surface area contributed by atoms with Crippen LogP contribution in [0.5, 0.6) is 0 Å². The first-order chi connectivity index (χ1) is 13.5. The van der Waals surface area contributed by atoms with E-state index < -0.39 is 0 Å². The van der Waals surface area contributed by atoms with Gasteiger partial charge in [-0.1, -0.05) is 0 Å². The highest BCUT2D eigenvalue weighted by Crippen LogP contribution is 2.23. The molecule has 6 heteroatoms. The van der Waals surface area contributed by atoms with Gasteiger partial charge in [0.1, 0.15) is 12.4 Å². The van der Waals surface area contributed by atoms with Crippen LogP contribution in [-0.4, -0.2) is 23.1 Å². The zero-order valence-corrected chi connectivity index (χ0v) is 16.1. The number of nitrogens with zero attached hydrogens (tertiary/aromatic N) is 1. The van der Waals surface area contributed by atoms with E-state index >= 15 is 0 Å². The van der Waals surface area contributed by atoms with Crippen molar-refractivity contribution < 1.29 is 18.5 Å². The Balaban J connectivity index is 1.59. The van der Waals surface area contributed by atoms with Crippen molar-refractivity contribution in [1.29, 1.82) is 0 Å². The van der Waals surface area contributed by atoms with Gasteiger partial charge in [0.25, 0.3) is 5.91 Å². The van der Waals surface area contributed by atoms with Gasteiger partial charge < -0.3 is 19.2 Å². The van der Waals surface area contributed by atoms with Gasteiger partial charge >= 0.3 is 0 Å². The Morgan fingerprint density at radius 3 is 2.79 bits per heavy atom. The lowest BCUT2D eigenvalue weighted by Gasteiger charge is -2.33. The fraction of sp³-hybridized carbons (Fsp3) is 0.318. The maximum atomic E-state index is 13.4. The summed E-state index contributed by atoms with van der Waals surface area (Å²) in [4.78, 5) is 13.5. The summed E-state index contributed by atoms with van der Waals surface area (Å²) in [5, 5.41) is 2.85. The second kappa shape index (κ2) is 7.64. The number of carbonyl (C=O) groups is 1. The molecule has 5 nitrogen and oxygen atoms in total. The Labute approximate surface area is 163 Å². The van der Waals surface area contributed by atoms with Gasteiger partial charge in [-0.15, -0.1) is 0 Å².